The number of rotatable bonds is 5. The van der Waals surface area contributed by atoms with E-state index in [2.05, 4.69) is 9.78 Å². The molecule has 0 spiro atoms. The Hall–Kier alpha value is -0.160. The maximum atomic E-state index is 8.61. The molecule has 0 rings (SSSR count). The Morgan fingerprint density at radius 3 is 1.83 bits per heavy atom. The fourth-order valence-corrected chi connectivity index (χ4v) is 1.15. The lowest BCUT2D eigenvalue weighted by molar-refractivity contribution is -0.359. The van der Waals surface area contributed by atoms with Gasteiger partial charge in [0.1, 0.15) is 11.2 Å². The van der Waals surface area contributed by atoms with Crippen molar-refractivity contribution in [2.24, 2.45) is 0 Å². The molecule has 0 fully saturated rings. The Morgan fingerprint density at radius 1 is 1.08 bits per heavy atom. The van der Waals surface area contributed by atoms with Crippen LogP contribution in [0.1, 0.15) is 40.5 Å². The van der Waals surface area contributed by atoms with Crippen molar-refractivity contribution in [3.05, 3.63) is 0 Å². The number of hydrogen-bond donors (Lipinski definition) is 2. The normalized spacial score (nSPS) is 17.5. The van der Waals surface area contributed by atoms with Crippen molar-refractivity contribution in [2.45, 2.75) is 51.7 Å². The second-order valence-electron chi connectivity index (χ2n) is 3.92. The zero-order valence-electron chi connectivity index (χ0n) is 8.13. The van der Waals surface area contributed by atoms with E-state index < -0.39 is 11.2 Å². The molecule has 0 aliphatic carbocycles. The lowest BCUT2D eigenvalue weighted by atomic mass is 9.89. The summed E-state index contributed by atoms with van der Waals surface area (Å²) >= 11 is 0. The fraction of sp³-hybridized carbons (Fsp3) is 1.00. The van der Waals surface area contributed by atoms with E-state index in [0.717, 1.165) is 0 Å². The number of hydrogen-bond acceptors (Lipinski definition) is 4. The summed E-state index contributed by atoms with van der Waals surface area (Å²) in [6.07, 6.45) is 1.07. The van der Waals surface area contributed by atoms with E-state index in [4.69, 9.17) is 10.5 Å². The van der Waals surface area contributed by atoms with Crippen LogP contribution in [0.5, 0.6) is 0 Å². The SMILES string of the molecule is CCC(C)(CC(C)(C)OO)OO. The second-order valence-corrected chi connectivity index (χ2v) is 3.92. The van der Waals surface area contributed by atoms with Gasteiger partial charge in [-0.25, -0.2) is 9.78 Å². The van der Waals surface area contributed by atoms with Gasteiger partial charge in [-0.1, -0.05) is 6.92 Å². The molecule has 0 heterocycles. The van der Waals surface area contributed by atoms with Crippen molar-refractivity contribution in [1.29, 1.82) is 0 Å². The quantitative estimate of drug-likeness (QED) is 0.501. The van der Waals surface area contributed by atoms with Gasteiger partial charge in [0, 0.05) is 6.42 Å². The van der Waals surface area contributed by atoms with Gasteiger partial charge in [0.25, 0.3) is 0 Å². The largest absolute Gasteiger partial charge is 0.251 e. The molecule has 2 N–H and O–H groups in total. The Balaban J connectivity index is 4.20. The van der Waals surface area contributed by atoms with Crippen LogP contribution in [0.4, 0.5) is 0 Å². The predicted molar refractivity (Wildman–Crippen MR) is 44.8 cm³/mol. The molecule has 0 aromatic heterocycles. The first kappa shape index (κ1) is 11.8. The zero-order chi connectivity index (χ0) is 9.83. The predicted octanol–water partition coefficient (Wildman–Crippen LogP) is 2.30. The van der Waals surface area contributed by atoms with Gasteiger partial charge in [0.2, 0.25) is 0 Å². The summed E-state index contributed by atoms with van der Waals surface area (Å²) in [5.74, 6) is 0. The Labute approximate surface area is 73.0 Å². The smallest absolute Gasteiger partial charge is 0.103 e. The van der Waals surface area contributed by atoms with Crippen LogP contribution in [-0.4, -0.2) is 21.7 Å². The van der Waals surface area contributed by atoms with Crippen LogP contribution in [-0.2, 0) is 9.78 Å². The highest BCUT2D eigenvalue weighted by Crippen LogP contribution is 2.27. The molecule has 0 aromatic rings. The summed E-state index contributed by atoms with van der Waals surface area (Å²) in [4.78, 5) is 8.58. The molecule has 0 aliphatic rings. The van der Waals surface area contributed by atoms with Crippen molar-refractivity contribution < 1.29 is 20.3 Å². The van der Waals surface area contributed by atoms with Gasteiger partial charge >= 0.3 is 0 Å². The molecule has 0 saturated carbocycles. The van der Waals surface area contributed by atoms with E-state index in [1.165, 1.54) is 0 Å². The summed E-state index contributed by atoms with van der Waals surface area (Å²) in [5.41, 5.74) is -1.36. The Kier molecular flexibility index (Phi) is 4.13. The highest BCUT2D eigenvalue weighted by atomic mass is 17.1. The minimum absolute atomic E-state index is 0.420. The fourth-order valence-electron chi connectivity index (χ4n) is 1.15. The lowest BCUT2D eigenvalue weighted by Crippen LogP contribution is -2.38. The third-order valence-corrected chi connectivity index (χ3v) is 2.02. The monoisotopic (exact) mass is 178 g/mol. The summed E-state index contributed by atoms with van der Waals surface area (Å²) in [5, 5.41) is 17.1. The standard InChI is InChI=1S/C8H18O4/c1-5-8(4,12-10)6-7(2,3)11-9/h9-10H,5-6H2,1-4H3. The maximum absolute atomic E-state index is 8.61. The van der Waals surface area contributed by atoms with Gasteiger partial charge in [0.15, 0.2) is 0 Å². The van der Waals surface area contributed by atoms with Crippen LogP contribution in [0.3, 0.4) is 0 Å². The van der Waals surface area contributed by atoms with E-state index >= 15 is 0 Å². The Bertz CT molecular complexity index is 129. The topological polar surface area (TPSA) is 58.9 Å². The molecule has 4 heteroatoms. The van der Waals surface area contributed by atoms with E-state index in [-0.39, 0.29) is 0 Å². The Morgan fingerprint density at radius 2 is 1.58 bits per heavy atom. The molecule has 0 bridgehead atoms. The van der Waals surface area contributed by atoms with Crippen LogP contribution in [0.2, 0.25) is 0 Å². The molecule has 0 saturated heterocycles. The maximum Gasteiger partial charge on any atom is 0.103 e. The first-order valence-corrected chi connectivity index (χ1v) is 4.04. The molecular formula is C8H18O4. The molecule has 1 unspecified atom stereocenters. The third-order valence-electron chi connectivity index (χ3n) is 2.02. The minimum Gasteiger partial charge on any atom is -0.251 e. The molecule has 4 nitrogen and oxygen atoms in total. The van der Waals surface area contributed by atoms with E-state index in [1.54, 1.807) is 20.8 Å². The van der Waals surface area contributed by atoms with E-state index in [0.29, 0.717) is 12.8 Å². The van der Waals surface area contributed by atoms with Gasteiger partial charge in [-0.3, -0.25) is 10.5 Å². The lowest BCUT2D eigenvalue weighted by Gasteiger charge is -2.31. The molecule has 12 heavy (non-hydrogen) atoms. The molecule has 0 amide bonds. The summed E-state index contributed by atoms with van der Waals surface area (Å²) in [6.45, 7) is 7.09. The van der Waals surface area contributed by atoms with Crippen LogP contribution < -0.4 is 0 Å². The van der Waals surface area contributed by atoms with Crippen molar-refractivity contribution in [2.75, 3.05) is 0 Å². The summed E-state index contributed by atoms with van der Waals surface area (Å²) < 4.78 is 0. The van der Waals surface area contributed by atoms with Crippen molar-refractivity contribution in [3.63, 3.8) is 0 Å². The highest BCUT2D eigenvalue weighted by molar-refractivity contribution is 4.81. The van der Waals surface area contributed by atoms with Crippen LogP contribution in [0, 0.1) is 0 Å². The highest BCUT2D eigenvalue weighted by Gasteiger charge is 2.33. The molecule has 0 aromatic carbocycles. The molecule has 1 atom stereocenters. The second kappa shape index (κ2) is 4.18. The average molecular weight is 178 g/mol. The molecule has 74 valence electrons. The molecule has 0 radical (unpaired) electrons. The molecular weight excluding hydrogens is 160 g/mol. The van der Waals surface area contributed by atoms with Gasteiger partial charge in [-0.05, 0) is 27.2 Å². The van der Waals surface area contributed by atoms with Crippen molar-refractivity contribution in [3.8, 4) is 0 Å². The van der Waals surface area contributed by atoms with Gasteiger partial charge in [-0.2, -0.15) is 0 Å². The first-order chi connectivity index (χ1) is 5.39. The van der Waals surface area contributed by atoms with Gasteiger partial charge < -0.3 is 0 Å². The molecule has 0 aliphatic heterocycles. The summed E-state index contributed by atoms with van der Waals surface area (Å²) in [6, 6.07) is 0. The summed E-state index contributed by atoms with van der Waals surface area (Å²) in [7, 11) is 0. The average Bonchev–Trinajstić information content (AvgIpc) is 2.04. The zero-order valence-corrected chi connectivity index (χ0v) is 8.13. The van der Waals surface area contributed by atoms with Crippen LogP contribution >= 0.6 is 0 Å². The minimum atomic E-state index is -0.701. The van der Waals surface area contributed by atoms with Crippen LogP contribution in [0.25, 0.3) is 0 Å². The third kappa shape index (κ3) is 3.49. The van der Waals surface area contributed by atoms with Crippen molar-refractivity contribution >= 4 is 0 Å². The first-order valence-electron chi connectivity index (χ1n) is 4.04. The van der Waals surface area contributed by atoms with Gasteiger partial charge in [-0.15, -0.1) is 0 Å². The van der Waals surface area contributed by atoms with Gasteiger partial charge in [0.05, 0.1) is 0 Å². The van der Waals surface area contributed by atoms with E-state index in [1.807, 2.05) is 6.92 Å². The van der Waals surface area contributed by atoms with E-state index in [9.17, 15) is 0 Å². The van der Waals surface area contributed by atoms with Crippen molar-refractivity contribution in [1.82, 2.24) is 0 Å². The van der Waals surface area contributed by atoms with Crippen LogP contribution in [0.15, 0.2) is 0 Å².